The van der Waals surface area contributed by atoms with Gasteiger partial charge in [-0.2, -0.15) is 0 Å². The largest absolute Gasteiger partial charge is 0.460 e. The average molecular weight is 303 g/mol. The summed E-state index contributed by atoms with van der Waals surface area (Å²) in [4.78, 5) is 12.5. The van der Waals surface area contributed by atoms with Crippen LogP contribution < -0.4 is 5.32 Å². The van der Waals surface area contributed by atoms with E-state index in [1.54, 1.807) is 0 Å². The van der Waals surface area contributed by atoms with Gasteiger partial charge in [0.25, 0.3) is 0 Å². The predicted octanol–water partition coefficient (Wildman–Crippen LogP) is 4.09. The van der Waals surface area contributed by atoms with E-state index in [4.69, 9.17) is 4.74 Å². The maximum absolute atomic E-state index is 12.5. The number of hydrogen-bond acceptors (Lipinski definition) is 3. The molecule has 1 aromatic carbocycles. The van der Waals surface area contributed by atoms with Crippen molar-refractivity contribution in [1.29, 1.82) is 0 Å². The summed E-state index contributed by atoms with van der Waals surface area (Å²) in [6, 6.07) is 10.8. The second-order valence-corrected chi connectivity index (χ2v) is 7.52. The molecule has 1 N–H and O–H groups in total. The predicted molar refractivity (Wildman–Crippen MR) is 89.5 cm³/mol. The standard InChI is InChI=1S/C19H29NO2/c1-13-11-12-16(18(21)22-19(3,4)5)17(13)20-14(2)15-9-7-6-8-10-15/h6-10,13-14,16-17,20H,11-12H2,1-5H3/t13-,14+,16-,17+/m1/s1. The van der Waals surface area contributed by atoms with E-state index in [1.165, 1.54) is 5.56 Å². The molecule has 0 aromatic heterocycles. The fourth-order valence-corrected chi connectivity index (χ4v) is 3.25. The molecular formula is C19H29NO2. The number of nitrogens with one attached hydrogen (secondary N) is 1. The lowest BCUT2D eigenvalue weighted by Gasteiger charge is -2.29. The van der Waals surface area contributed by atoms with Crippen molar-refractivity contribution >= 4 is 5.97 Å². The summed E-state index contributed by atoms with van der Waals surface area (Å²) in [7, 11) is 0. The third-order valence-electron chi connectivity index (χ3n) is 4.43. The van der Waals surface area contributed by atoms with E-state index in [0.29, 0.717) is 5.92 Å². The first-order chi connectivity index (χ1) is 10.3. The van der Waals surface area contributed by atoms with Crippen LogP contribution in [0, 0.1) is 11.8 Å². The first kappa shape index (κ1) is 17.0. The Morgan fingerprint density at radius 1 is 1.23 bits per heavy atom. The fraction of sp³-hybridized carbons (Fsp3) is 0.632. The van der Waals surface area contributed by atoms with Gasteiger partial charge in [-0.3, -0.25) is 4.79 Å². The van der Waals surface area contributed by atoms with Gasteiger partial charge in [-0.15, -0.1) is 0 Å². The van der Waals surface area contributed by atoms with Crippen LogP contribution in [0.4, 0.5) is 0 Å². The molecule has 1 fully saturated rings. The maximum Gasteiger partial charge on any atom is 0.311 e. The van der Waals surface area contributed by atoms with Crippen molar-refractivity contribution in [2.45, 2.75) is 65.1 Å². The molecule has 1 aliphatic rings. The summed E-state index contributed by atoms with van der Waals surface area (Å²) in [6.07, 6.45) is 1.98. The quantitative estimate of drug-likeness (QED) is 0.851. The Morgan fingerprint density at radius 2 is 1.86 bits per heavy atom. The monoisotopic (exact) mass is 303 g/mol. The Bertz CT molecular complexity index is 492. The van der Waals surface area contributed by atoms with Gasteiger partial charge in [0.1, 0.15) is 5.60 Å². The number of esters is 1. The molecule has 2 rings (SSSR count). The van der Waals surface area contributed by atoms with Crippen molar-refractivity contribution in [2.75, 3.05) is 0 Å². The Kier molecular flexibility index (Phi) is 5.28. The average Bonchev–Trinajstić information content (AvgIpc) is 2.79. The van der Waals surface area contributed by atoms with Crippen LogP contribution >= 0.6 is 0 Å². The summed E-state index contributed by atoms with van der Waals surface area (Å²) in [5.74, 6) is 0.388. The normalized spacial score (nSPS) is 26.7. The highest BCUT2D eigenvalue weighted by Crippen LogP contribution is 2.34. The maximum atomic E-state index is 12.5. The smallest absolute Gasteiger partial charge is 0.311 e. The van der Waals surface area contributed by atoms with E-state index in [9.17, 15) is 4.79 Å². The Hall–Kier alpha value is -1.35. The SMILES string of the molecule is C[C@H](N[C@H]1[C@H](C)CC[C@H]1C(=O)OC(C)(C)C)c1ccccc1. The van der Waals surface area contributed by atoms with Crippen LogP contribution in [-0.4, -0.2) is 17.6 Å². The van der Waals surface area contributed by atoms with Crippen molar-refractivity contribution < 1.29 is 9.53 Å². The van der Waals surface area contributed by atoms with Crippen LogP contribution in [-0.2, 0) is 9.53 Å². The Labute approximate surface area is 134 Å². The van der Waals surface area contributed by atoms with Crippen molar-refractivity contribution in [2.24, 2.45) is 11.8 Å². The molecule has 0 unspecified atom stereocenters. The number of carbonyl (C=O) groups is 1. The molecule has 122 valence electrons. The zero-order chi connectivity index (χ0) is 16.3. The molecule has 22 heavy (non-hydrogen) atoms. The first-order valence-corrected chi connectivity index (χ1v) is 8.32. The summed E-state index contributed by atoms with van der Waals surface area (Å²) in [5.41, 5.74) is 0.836. The van der Waals surface area contributed by atoms with Gasteiger partial charge >= 0.3 is 5.97 Å². The molecule has 1 saturated carbocycles. The van der Waals surface area contributed by atoms with Gasteiger partial charge in [0.2, 0.25) is 0 Å². The molecule has 0 amide bonds. The van der Waals surface area contributed by atoms with Gasteiger partial charge in [-0.1, -0.05) is 37.3 Å². The van der Waals surface area contributed by atoms with E-state index < -0.39 is 5.60 Å². The number of rotatable bonds is 4. The highest BCUT2D eigenvalue weighted by Gasteiger charge is 2.40. The number of benzene rings is 1. The lowest BCUT2D eigenvalue weighted by molar-refractivity contribution is -0.160. The van der Waals surface area contributed by atoms with E-state index in [2.05, 4.69) is 43.4 Å². The number of carbonyl (C=O) groups excluding carboxylic acids is 1. The van der Waals surface area contributed by atoms with Crippen molar-refractivity contribution in [3.8, 4) is 0 Å². The van der Waals surface area contributed by atoms with E-state index >= 15 is 0 Å². The van der Waals surface area contributed by atoms with Crippen LogP contribution in [0.1, 0.15) is 59.1 Å². The molecule has 0 heterocycles. The summed E-state index contributed by atoms with van der Waals surface area (Å²) < 4.78 is 5.61. The molecule has 0 radical (unpaired) electrons. The second-order valence-electron chi connectivity index (χ2n) is 7.52. The van der Waals surface area contributed by atoms with Crippen LogP contribution in [0.5, 0.6) is 0 Å². The highest BCUT2D eigenvalue weighted by molar-refractivity contribution is 5.74. The molecule has 3 heteroatoms. The highest BCUT2D eigenvalue weighted by atomic mass is 16.6. The molecular weight excluding hydrogens is 274 g/mol. The van der Waals surface area contributed by atoms with Crippen molar-refractivity contribution in [3.63, 3.8) is 0 Å². The molecule has 3 nitrogen and oxygen atoms in total. The minimum Gasteiger partial charge on any atom is -0.460 e. The number of hydrogen-bond donors (Lipinski definition) is 1. The minimum atomic E-state index is -0.418. The number of ether oxygens (including phenoxy) is 1. The van der Waals surface area contributed by atoms with Gasteiger partial charge < -0.3 is 10.1 Å². The molecule has 0 saturated heterocycles. The third kappa shape index (κ3) is 4.33. The van der Waals surface area contributed by atoms with Gasteiger partial charge in [0.15, 0.2) is 0 Å². The molecule has 1 aliphatic carbocycles. The van der Waals surface area contributed by atoms with Gasteiger partial charge in [0.05, 0.1) is 5.92 Å². The lowest BCUT2D eigenvalue weighted by Crippen LogP contribution is -2.43. The molecule has 0 bridgehead atoms. The van der Waals surface area contributed by atoms with Gasteiger partial charge in [0, 0.05) is 12.1 Å². The minimum absolute atomic E-state index is 0.0413. The Balaban J connectivity index is 2.05. The van der Waals surface area contributed by atoms with Crippen molar-refractivity contribution in [1.82, 2.24) is 5.32 Å². The molecule has 0 aliphatic heterocycles. The van der Waals surface area contributed by atoms with Crippen LogP contribution in [0.15, 0.2) is 30.3 Å². The third-order valence-corrected chi connectivity index (χ3v) is 4.43. The molecule has 1 aromatic rings. The van der Waals surface area contributed by atoms with Crippen LogP contribution in [0.25, 0.3) is 0 Å². The topological polar surface area (TPSA) is 38.3 Å². The summed E-state index contributed by atoms with van der Waals surface area (Å²) >= 11 is 0. The van der Waals surface area contributed by atoms with E-state index in [0.717, 1.165) is 12.8 Å². The van der Waals surface area contributed by atoms with Crippen LogP contribution in [0.3, 0.4) is 0 Å². The lowest BCUT2D eigenvalue weighted by atomic mass is 9.96. The molecule has 4 atom stereocenters. The van der Waals surface area contributed by atoms with Gasteiger partial charge in [-0.05, 0) is 52.0 Å². The molecule has 0 spiro atoms. The first-order valence-electron chi connectivity index (χ1n) is 8.32. The summed E-state index contributed by atoms with van der Waals surface area (Å²) in [5, 5.41) is 3.66. The zero-order valence-electron chi connectivity index (χ0n) is 14.4. The van der Waals surface area contributed by atoms with Crippen LogP contribution in [0.2, 0.25) is 0 Å². The van der Waals surface area contributed by atoms with Crippen molar-refractivity contribution in [3.05, 3.63) is 35.9 Å². The zero-order valence-corrected chi connectivity index (χ0v) is 14.4. The van der Waals surface area contributed by atoms with E-state index in [-0.39, 0.29) is 24.0 Å². The van der Waals surface area contributed by atoms with Gasteiger partial charge in [-0.25, -0.2) is 0 Å². The fourth-order valence-electron chi connectivity index (χ4n) is 3.25. The Morgan fingerprint density at radius 3 is 2.45 bits per heavy atom. The summed E-state index contributed by atoms with van der Waals surface area (Å²) in [6.45, 7) is 10.2. The van der Waals surface area contributed by atoms with E-state index in [1.807, 2.05) is 26.8 Å². The second kappa shape index (κ2) is 6.82.